The van der Waals surface area contributed by atoms with Crippen LogP contribution in [0.15, 0.2) is 24.7 Å². The first kappa shape index (κ1) is 10.7. The zero-order chi connectivity index (χ0) is 11.5. The van der Waals surface area contributed by atoms with Crippen LogP contribution in [0.5, 0.6) is 0 Å². The fourth-order valence-corrected chi connectivity index (χ4v) is 1.64. The molecule has 0 saturated heterocycles. The lowest BCUT2D eigenvalue weighted by Gasteiger charge is -2.08. The van der Waals surface area contributed by atoms with Gasteiger partial charge in [0.1, 0.15) is 10.8 Å². The standard InChI is InChI=1S/C10H11N5S/c1-2-8-12-5-6-15(8)10-7(9(11)16)3-4-13-14-10/h3-6H,2H2,1H3,(H2,11,16). The van der Waals surface area contributed by atoms with E-state index >= 15 is 0 Å². The van der Waals surface area contributed by atoms with E-state index in [0.717, 1.165) is 12.2 Å². The van der Waals surface area contributed by atoms with E-state index in [1.54, 1.807) is 18.5 Å². The van der Waals surface area contributed by atoms with Crippen LogP contribution in [0.4, 0.5) is 0 Å². The van der Waals surface area contributed by atoms with Gasteiger partial charge in [0.2, 0.25) is 0 Å². The Balaban J connectivity index is 2.60. The zero-order valence-corrected chi connectivity index (χ0v) is 9.61. The average Bonchev–Trinajstić information content (AvgIpc) is 2.76. The zero-order valence-electron chi connectivity index (χ0n) is 8.79. The van der Waals surface area contributed by atoms with Crippen molar-refractivity contribution < 1.29 is 0 Å². The van der Waals surface area contributed by atoms with Crippen LogP contribution >= 0.6 is 12.2 Å². The number of hydrogen-bond acceptors (Lipinski definition) is 4. The number of hydrogen-bond donors (Lipinski definition) is 1. The van der Waals surface area contributed by atoms with Crippen molar-refractivity contribution in [2.45, 2.75) is 13.3 Å². The Morgan fingerprint density at radius 3 is 3.00 bits per heavy atom. The van der Waals surface area contributed by atoms with E-state index in [2.05, 4.69) is 15.2 Å². The Hall–Kier alpha value is -1.82. The number of nitrogens with zero attached hydrogens (tertiary/aromatic N) is 4. The molecule has 0 aromatic carbocycles. The Bertz CT molecular complexity index is 519. The quantitative estimate of drug-likeness (QED) is 0.796. The molecule has 5 nitrogen and oxygen atoms in total. The molecule has 16 heavy (non-hydrogen) atoms. The SMILES string of the molecule is CCc1nccn1-c1nnccc1C(N)=S. The van der Waals surface area contributed by atoms with Crippen molar-refractivity contribution in [1.29, 1.82) is 0 Å². The molecule has 0 aliphatic rings. The van der Waals surface area contributed by atoms with Gasteiger partial charge in [-0.1, -0.05) is 19.1 Å². The summed E-state index contributed by atoms with van der Waals surface area (Å²) in [6.45, 7) is 2.02. The molecule has 2 aromatic heterocycles. The second-order valence-corrected chi connectivity index (χ2v) is 3.64. The molecule has 2 N–H and O–H groups in total. The maximum Gasteiger partial charge on any atom is 0.171 e. The molecule has 82 valence electrons. The molecule has 0 aliphatic carbocycles. The van der Waals surface area contributed by atoms with Gasteiger partial charge in [-0.25, -0.2) is 4.98 Å². The van der Waals surface area contributed by atoms with Crippen molar-refractivity contribution in [3.05, 3.63) is 36.0 Å². The van der Waals surface area contributed by atoms with E-state index in [-0.39, 0.29) is 0 Å². The number of aryl methyl sites for hydroxylation is 1. The van der Waals surface area contributed by atoms with Gasteiger partial charge in [-0.2, -0.15) is 5.10 Å². The highest BCUT2D eigenvalue weighted by Gasteiger charge is 2.11. The van der Waals surface area contributed by atoms with Gasteiger partial charge >= 0.3 is 0 Å². The molecule has 0 spiro atoms. The number of thiocarbonyl (C=S) groups is 1. The summed E-state index contributed by atoms with van der Waals surface area (Å²) < 4.78 is 1.85. The van der Waals surface area contributed by atoms with E-state index < -0.39 is 0 Å². The third-order valence-corrected chi connectivity index (χ3v) is 2.45. The molecule has 0 bridgehead atoms. The van der Waals surface area contributed by atoms with Gasteiger partial charge in [0, 0.05) is 18.8 Å². The molecular formula is C10H11N5S. The van der Waals surface area contributed by atoms with Crippen LogP contribution in [0.1, 0.15) is 18.3 Å². The Kier molecular flexibility index (Phi) is 2.91. The molecule has 6 heteroatoms. The lowest BCUT2D eigenvalue weighted by molar-refractivity contribution is 0.836. The normalized spacial score (nSPS) is 10.3. The number of rotatable bonds is 3. The van der Waals surface area contributed by atoms with Crippen molar-refractivity contribution in [3.8, 4) is 5.82 Å². The summed E-state index contributed by atoms with van der Waals surface area (Å²) in [5, 5.41) is 7.90. The van der Waals surface area contributed by atoms with Crippen molar-refractivity contribution in [2.75, 3.05) is 0 Å². The minimum absolute atomic E-state index is 0.306. The molecule has 2 rings (SSSR count). The number of nitrogens with two attached hydrogens (primary N) is 1. The average molecular weight is 233 g/mol. The maximum absolute atomic E-state index is 5.64. The monoisotopic (exact) mass is 233 g/mol. The highest BCUT2D eigenvalue weighted by molar-refractivity contribution is 7.80. The number of imidazole rings is 1. The molecule has 0 saturated carbocycles. The minimum Gasteiger partial charge on any atom is -0.389 e. The summed E-state index contributed by atoms with van der Waals surface area (Å²) in [4.78, 5) is 4.53. The molecule has 0 unspecified atom stereocenters. The Morgan fingerprint density at radius 1 is 1.50 bits per heavy atom. The fourth-order valence-electron chi connectivity index (χ4n) is 1.48. The maximum atomic E-state index is 5.64. The van der Waals surface area contributed by atoms with E-state index in [1.165, 1.54) is 0 Å². The Labute approximate surface area is 98.3 Å². The van der Waals surface area contributed by atoms with Gasteiger partial charge in [0.05, 0.1) is 11.8 Å². The fraction of sp³-hybridized carbons (Fsp3) is 0.200. The first-order chi connectivity index (χ1) is 7.74. The van der Waals surface area contributed by atoms with Crippen molar-refractivity contribution in [1.82, 2.24) is 19.7 Å². The summed E-state index contributed by atoms with van der Waals surface area (Å²) in [6, 6.07) is 1.75. The van der Waals surface area contributed by atoms with Crippen LogP contribution < -0.4 is 5.73 Å². The van der Waals surface area contributed by atoms with Crippen LogP contribution in [-0.2, 0) is 6.42 Å². The second-order valence-electron chi connectivity index (χ2n) is 3.20. The molecule has 0 radical (unpaired) electrons. The lowest BCUT2D eigenvalue weighted by Crippen LogP contribution is -2.16. The summed E-state index contributed by atoms with van der Waals surface area (Å²) in [7, 11) is 0. The molecule has 0 aliphatic heterocycles. The van der Waals surface area contributed by atoms with E-state index in [9.17, 15) is 0 Å². The van der Waals surface area contributed by atoms with Crippen LogP contribution in [0.25, 0.3) is 5.82 Å². The largest absolute Gasteiger partial charge is 0.389 e. The molecule has 2 aromatic rings. The third kappa shape index (κ3) is 1.79. The van der Waals surface area contributed by atoms with E-state index in [1.807, 2.05) is 17.7 Å². The molecular weight excluding hydrogens is 222 g/mol. The van der Waals surface area contributed by atoms with Crippen molar-refractivity contribution in [2.24, 2.45) is 5.73 Å². The van der Waals surface area contributed by atoms with Crippen LogP contribution in [0, 0.1) is 0 Å². The highest BCUT2D eigenvalue weighted by atomic mass is 32.1. The Morgan fingerprint density at radius 2 is 2.31 bits per heavy atom. The summed E-state index contributed by atoms with van der Waals surface area (Å²) in [5.41, 5.74) is 6.35. The van der Waals surface area contributed by atoms with Gasteiger partial charge < -0.3 is 5.73 Å². The predicted octanol–water partition coefficient (Wildman–Crippen LogP) is 0.859. The molecule has 0 fully saturated rings. The van der Waals surface area contributed by atoms with Gasteiger partial charge in [0.25, 0.3) is 0 Å². The summed E-state index contributed by atoms with van der Waals surface area (Å²) >= 11 is 4.98. The van der Waals surface area contributed by atoms with Gasteiger partial charge in [0.15, 0.2) is 5.82 Å². The van der Waals surface area contributed by atoms with Crippen molar-refractivity contribution >= 4 is 17.2 Å². The third-order valence-electron chi connectivity index (χ3n) is 2.23. The summed E-state index contributed by atoms with van der Waals surface area (Å²) in [6.07, 6.45) is 5.92. The second kappa shape index (κ2) is 4.36. The van der Waals surface area contributed by atoms with Gasteiger partial charge in [-0.05, 0) is 6.07 Å². The highest BCUT2D eigenvalue weighted by Crippen LogP contribution is 2.12. The minimum atomic E-state index is 0.306. The van der Waals surface area contributed by atoms with Gasteiger partial charge in [-0.15, -0.1) is 5.10 Å². The topological polar surface area (TPSA) is 69.6 Å². The smallest absolute Gasteiger partial charge is 0.171 e. The lowest BCUT2D eigenvalue weighted by atomic mass is 10.2. The van der Waals surface area contributed by atoms with E-state index in [0.29, 0.717) is 16.4 Å². The number of aromatic nitrogens is 4. The van der Waals surface area contributed by atoms with Crippen LogP contribution in [-0.4, -0.2) is 24.7 Å². The van der Waals surface area contributed by atoms with Gasteiger partial charge in [-0.3, -0.25) is 4.57 Å². The molecule has 2 heterocycles. The van der Waals surface area contributed by atoms with E-state index in [4.69, 9.17) is 18.0 Å². The molecule has 0 amide bonds. The summed E-state index contributed by atoms with van der Waals surface area (Å²) in [5.74, 6) is 1.53. The first-order valence-electron chi connectivity index (χ1n) is 4.88. The van der Waals surface area contributed by atoms with Crippen LogP contribution in [0.3, 0.4) is 0 Å². The van der Waals surface area contributed by atoms with Crippen molar-refractivity contribution in [3.63, 3.8) is 0 Å². The predicted molar refractivity (Wildman–Crippen MR) is 64.4 cm³/mol. The first-order valence-corrected chi connectivity index (χ1v) is 5.29. The van der Waals surface area contributed by atoms with Crippen LogP contribution in [0.2, 0.25) is 0 Å². The molecule has 0 atom stereocenters.